The van der Waals surface area contributed by atoms with Crippen molar-refractivity contribution in [1.82, 2.24) is 15.1 Å². The van der Waals surface area contributed by atoms with Crippen LogP contribution in [-0.4, -0.2) is 34.1 Å². The highest BCUT2D eigenvalue weighted by Crippen LogP contribution is 2.27. The summed E-state index contributed by atoms with van der Waals surface area (Å²) in [4.78, 5) is 13.9. The summed E-state index contributed by atoms with van der Waals surface area (Å²) >= 11 is 0. The highest BCUT2D eigenvalue weighted by atomic mass is 16.2. The number of amides is 1. The van der Waals surface area contributed by atoms with Crippen molar-refractivity contribution in [2.75, 3.05) is 7.05 Å². The van der Waals surface area contributed by atoms with Crippen LogP contribution in [0.4, 0.5) is 0 Å². The summed E-state index contributed by atoms with van der Waals surface area (Å²) in [6.07, 6.45) is 4.03. The molecule has 1 aromatic carbocycles. The third-order valence-electron chi connectivity index (χ3n) is 3.10. The molecule has 0 unspecified atom stereocenters. The van der Waals surface area contributed by atoms with Crippen LogP contribution in [0.3, 0.4) is 0 Å². The lowest BCUT2D eigenvalue weighted by molar-refractivity contribution is 0.0785. The van der Waals surface area contributed by atoms with Crippen LogP contribution >= 0.6 is 0 Å². The molecule has 0 aliphatic heterocycles. The lowest BCUT2D eigenvalue weighted by Gasteiger charge is -2.15. The number of carbonyl (C=O) groups is 1. The van der Waals surface area contributed by atoms with Gasteiger partial charge in [0.1, 0.15) is 0 Å². The molecule has 4 heteroatoms. The lowest BCUT2D eigenvalue weighted by Crippen LogP contribution is -2.28. The summed E-state index contributed by atoms with van der Waals surface area (Å²) in [6.45, 7) is 0. The van der Waals surface area contributed by atoms with E-state index in [9.17, 15) is 4.79 Å². The minimum atomic E-state index is 0.0963. The maximum Gasteiger partial charge on any atom is 0.253 e. The van der Waals surface area contributed by atoms with Crippen LogP contribution < -0.4 is 0 Å². The zero-order valence-corrected chi connectivity index (χ0v) is 9.10. The first-order valence-electron chi connectivity index (χ1n) is 5.46. The highest BCUT2D eigenvalue weighted by molar-refractivity contribution is 5.97. The van der Waals surface area contributed by atoms with Gasteiger partial charge in [0.25, 0.3) is 5.91 Å². The number of hydrogen-bond donors (Lipinski definition) is 1. The molecule has 0 saturated heterocycles. The van der Waals surface area contributed by atoms with Crippen LogP contribution in [0, 0.1) is 0 Å². The number of H-pyrrole nitrogens is 1. The van der Waals surface area contributed by atoms with Gasteiger partial charge in [-0.1, -0.05) is 6.07 Å². The Morgan fingerprint density at radius 3 is 3.06 bits per heavy atom. The zero-order chi connectivity index (χ0) is 11.1. The van der Waals surface area contributed by atoms with Gasteiger partial charge in [0.2, 0.25) is 0 Å². The Morgan fingerprint density at radius 1 is 1.50 bits per heavy atom. The number of carbonyl (C=O) groups excluding carboxylic acids is 1. The highest BCUT2D eigenvalue weighted by Gasteiger charge is 2.30. The smallest absolute Gasteiger partial charge is 0.253 e. The van der Waals surface area contributed by atoms with Crippen molar-refractivity contribution in [3.63, 3.8) is 0 Å². The number of benzene rings is 1. The molecule has 1 amide bonds. The van der Waals surface area contributed by atoms with Crippen molar-refractivity contribution < 1.29 is 4.79 Å². The van der Waals surface area contributed by atoms with Gasteiger partial charge < -0.3 is 4.90 Å². The number of nitrogens with zero attached hydrogens (tertiary/aromatic N) is 2. The van der Waals surface area contributed by atoms with Gasteiger partial charge in [-0.25, -0.2) is 0 Å². The Morgan fingerprint density at radius 2 is 2.31 bits per heavy atom. The number of aromatic amines is 1. The molecule has 1 saturated carbocycles. The molecular weight excluding hydrogens is 202 g/mol. The summed E-state index contributed by atoms with van der Waals surface area (Å²) in [5.74, 6) is 0.0963. The molecule has 4 nitrogen and oxygen atoms in total. The Bertz CT molecular complexity index is 542. The fraction of sp³-hybridized carbons (Fsp3) is 0.333. The third kappa shape index (κ3) is 1.46. The van der Waals surface area contributed by atoms with Crippen molar-refractivity contribution in [1.29, 1.82) is 0 Å². The molecule has 3 rings (SSSR count). The number of rotatable bonds is 2. The monoisotopic (exact) mass is 215 g/mol. The van der Waals surface area contributed by atoms with Crippen LogP contribution in [0.2, 0.25) is 0 Å². The fourth-order valence-corrected chi connectivity index (χ4v) is 1.90. The molecule has 0 radical (unpaired) electrons. The van der Waals surface area contributed by atoms with Gasteiger partial charge in [-0.2, -0.15) is 5.10 Å². The van der Waals surface area contributed by atoms with E-state index >= 15 is 0 Å². The van der Waals surface area contributed by atoms with Crippen molar-refractivity contribution in [3.8, 4) is 0 Å². The maximum absolute atomic E-state index is 12.1. The molecule has 0 atom stereocenters. The topological polar surface area (TPSA) is 49.0 Å². The second-order valence-electron chi connectivity index (χ2n) is 4.32. The maximum atomic E-state index is 12.1. The van der Waals surface area contributed by atoms with Gasteiger partial charge in [0.15, 0.2) is 0 Å². The van der Waals surface area contributed by atoms with Crippen molar-refractivity contribution >= 4 is 16.8 Å². The van der Waals surface area contributed by atoms with E-state index in [0.717, 1.165) is 29.3 Å². The first-order chi connectivity index (χ1) is 7.75. The molecule has 0 spiro atoms. The molecule has 1 heterocycles. The van der Waals surface area contributed by atoms with Gasteiger partial charge in [-0.05, 0) is 25.0 Å². The fourth-order valence-electron chi connectivity index (χ4n) is 1.90. The van der Waals surface area contributed by atoms with E-state index in [1.165, 1.54) is 0 Å². The Labute approximate surface area is 93.3 Å². The van der Waals surface area contributed by atoms with Crippen LogP contribution in [-0.2, 0) is 0 Å². The van der Waals surface area contributed by atoms with E-state index in [0.29, 0.717) is 6.04 Å². The van der Waals surface area contributed by atoms with E-state index in [-0.39, 0.29) is 5.91 Å². The average molecular weight is 215 g/mol. The Kier molecular flexibility index (Phi) is 1.96. The lowest BCUT2D eigenvalue weighted by atomic mass is 10.1. The minimum absolute atomic E-state index is 0.0963. The molecule has 1 fully saturated rings. The van der Waals surface area contributed by atoms with Gasteiger partial charge in [-0.3, -0.25) is 9.89 Å². The van der Waals surface area contributed by atoms with Gasteiger partial charge in [-0.15, -0.1) is 0 Å². The Hall–Kier alpha value is -1.84. The first-order valence-corrected chi connectivity index (χ1v) is 5.46. The number of fused-ring (bicyclic) bond motifs is 1. The normalized spacial score (nSPS) is 15.3. The molecule has 1 aliphatic carbocycles. The molecular formula is C12H13N3O. The molecule has 1 aromatic heterocycles. The number of hydrogen-bond acceptors (Lipinski definition) is 2. The predicted molar refractivity (Wildman–Crippen MR) is 61.2 cm³/mol. The molecule has 0 bridgehead atoms. The predicted octanol–water partition coefficient (Wildman–Crippen LogP) is 1.80. The molecule has 1 N–H and O–H groups in total. The van der Waals surface area contributed by atoms with Crippen molar-refractivity contribution in [3.05, 3.63) is 30.0 Å². The minimum Gasteiger partial charge on any atom is -0.339 e. The second kappa shape index (κ2) is 3.33. The van der Waals surface area contributed by atoms with Crippen LogP contribution in [0.25, 0.3) is 10.9 Å². The van der Waals surface area contributed by atoms with Crippen LogP contribution in [0.5, 0.6) is 0 Å². The van der Waals surface area contributed by atoms with E-state index < -0.39 is 0 Å². The quantitative estimate of drug-likeness (QED) is 0.830. The zero-order valence-electron chi connectivity index (χ0n) is 9.10. The van der Waals surface area contributed by atoms with Gasteiger partial charge in [0, 0.05) is 24.0 Å². The summed E-state index contributed by atoms with van der Waals surface area (Å²) in [7, 11) is 1.87. The summed E-state index contributed by atoms with van der Waals surface area (Å²) < 4.78 is 0. The van der Waals surface area contributed by atoms with E-state index in [1.807, 2.05) is 30.1 Å². The molecule has 2 aromatic rings. The molecule has 16 heavy (non-hydrogen) atoms. The average Bonchev–Trinajstić information content (AvgIpc) is 3.05. The van der Waals surface area contributed by atoms with Gasteiger partial charge >= 0.3 is 0 Å². The van der Waals surface area contributed by atoms with Crippen LogP contribution in [0.15, 0.2) is 24.4 Å². The molecule has 1 aliphatic rings. The van der Waals surface area contributed by atoms with Crippen molar-refractivity contribution in [2.45, 2.75) is 18.9 Å². The van der Waals surface area contributed by atoms with Crippen LogP contribution in [0.1, 0.15) is 23.2 Å². The molecule has 82 valence electrons. The second-order valence-corrected chi connectivity index (χ2v) is 4.32. The summed E-state index contributed by atoms with van der Waals surface area (Å²) in [6, 6.07) is 6.10. The standard InChI is InChI=1S/C12H13N3O/c1-15(10-4-5-10)12(16)8-2-3-9-7-13-14-11(9)6-8/h2-3,6-7,10H,4-5H2,1H3,(H,13,14). The third-order valence-corrected chi connectivity index (χ3v) is 3.10. The largest absolute Gasteiger partial charge is 0.339 e. The summed E-state index contributed by atoms with van der Waals surface area (Å²) in [5, 5.41) is 7.85. The van der Waals surface area contributed by atoms with E-state index in [1.54, 1.807) is 6.20 Å². The first kappa shape index (κ1) is 9.39. The van der Waals surface area contributed by atoms with Gasteiger partial charge in [0.05, 0.1) is 11.7 Å². The Balaban J connectivity index is 1.94. The number of nitrogens with one attached hydrogen (secondary N) is 1. The number of aromatic nitrogens is 2. The van der Waals surface area contributed by atoms with E-state index in [4.69, 9.17) is 0 Å². The SMILES string of the molecule is CN(C(=O)c1ccc2cn[nH]c2c1)C1CC1. The summed E-state index contributed by atoms with van der Waals surface area (Å²) in [5.41, 5.74) is 1.64. The van der Waals surface area contributed by atoms with Crippen molar-refractivity contribution in [2.24, 2.45) is 0 Å². The van der Waals surface area contributed by atoms with E-state index in [2.05, 4.69) is 10.2 Å².